The van der Waals surface area contributed by atoms with E-state index in [2.05, 4.69) is 0 Å². The lowest BCUT2D eigenvalue weighted by molar-refractivity contribution is -0.277. The summed E-state index contributed by atoms with van der Waals surface area (Å²) in [5.74, 6) is -13.2. The average Bonchev–Trinajstić information content (AvgIpc) is 3.67. The second-order valence-corrected chi connectivity index (χ2v) is 17.5. The lowest BCUT2D eigenvalue weighted by Crippen LogP contribution is -2.76. The van der Waals surface area contributed by atoms with Gasteiger partial charge in [-0.3, -0.25) is 24.0 Å². The van der Waals surface area contributed by atoms with Crippen molar-refractivity contribution < 1.29 is 72.5 Å². The summed E-state index contributed by atoms with van der Waals surface area (Å²) in [6.45, 7) is 12.8. The SMILES string of the molecule is CC(=O)O[C@@H]1[C@H]2[C@H]3[C@H]([C@H](OC(C)=O)[C@H](OC(C)=O)[C@]2(C)[C@H]2[C@H](C)[C@H]4O[C@]45OC(=O)[C@@](C)(O)[C@]5(C)[C@H]12)[C@]1(C)[C@H](C[C@H](O)[C@@H](Cl)[C@@H]1OC(C)=O)C(=O)[C@@H]3O. The van der Waals surface area contributed by atoms with Crippen molar-refractivity contribution in [1.29, 1.82) is 0 Å². The highest BCUT2D eigenvalue weighted by Gasteiger charge is 2.93. The molecule has 3 N–H and O–H groups in total. The molecule has 20 atom stereocenters. The van der Waals surface area contributed by atoms with Crippen molar-refractivity contribution in [2.45, 2.75) is 128 Å². The number of ether oxygens (including phenoxy) is 6. The second kappa shape index (κ2) is 11.3. The highest BCUT2D eigenvalue weighted by Crippen LogP contribution is 2.81. The number of esters is 5. The summed E-state index contributed by atoms with van der Waals surface area (Å²) >= 11 is 6.82. The van der Waals surface area contributed by atoms with Gasteiger partial charge in [-0.15, -0.1) is 11.6 Å². The first-order valence-electron chi connectivity index (χ1n) is 17.8. The number of carbonyl (C=O) groups is 6. The Hall–Kier alpha value is -2.85. The Morgan fingerprint density at radius 3 is 1.85 bits per heavy atom. The van der Waals surface area contributed by atoms with Gasteiger partial charge in [-0.1, -0.05) is 20.8 Å². The first-order valence-corrected chi connectivity index (χ1v) is 18.3. The predicted octanol–water partition coefficient (Wildman–Crippen LogP) is 0.825. The van der Waals surface area contributed by atoms with Gasteiger partial charge in [0, 0.05) is 68.1 Å². The van der Waals surface area contributed by atoms with Gasteiger partial charge in [0.15, 0.2) is 11.4 Å². The third-order valence-corrected chi connectivity index (χ3v) is 15.3. The number of ketones is 1. The van der Waals surface area contributed by atoms with Crippen LogP contribution in [0.1, 0.15) is 68.7 Å². The first-order chi connectivity index (χ1) is 24.0. The molecule has 52 heavy (non-hydrogen) atoms. The fraction of sp³-hybridized carbons (Fsp3) is 0.833. The third-order valence-electron chi connectivity index (χ3n) is 14.7. The molecule has 5 saturated carbocycles. The minimum Gasteiger partial charge on any atom is -0.462 e. The average molecular weight is 755 g/mol. The molecule has 7 aliphatic rings. The van der Waals surface area contributed by atoms with Crippen LogP contribution in [0.3, 0.4) is 0 Å². The largest absolute Gasteiger partial charge is 0.462 e. The van der Waals surface area contributed by atoms with Gasteiger partial charge in [-0.25, -0.2) is 4.79 Å². The molecule has 1 spiro atoms. The van der Waals surface area contributed by atoms with Crippen LogP contribution in [-0.2, 0) is 57.2 Å². The van der Waals surface area contributed by atoms with Crippen LogP contribution in [-0.4, -0.2) is 110 Å². The number of hydrogen-bond acceptors (Lipinski definition) is 15. The minimum atomic E-state index is -2.19. The van der Waals surface area contributed by atoms with E-state index in [0.717, 1.165) is 13.8 Å². The van der Waals surface area contributed by atoms with Crippen LogP contribution in [0, 0.1) is 57.7 Å². The van der Waals surface area contributed by atoms with Crippen molar-refractivity contribution in [2.24, 2.45) is 57.7 Å². The summed E-state index contributed by atoms with van der Waals surface area (Å²) in [5.41, 5.74) is -6.77. The summed E-state index contributed by atoms with van der Waals surface area (Å²) in [5, 5.41) is 34.2. The Labute approximate surface area is 305 Å². The fourth-order valence-electron chi connectivity index (χ4n) is 12.9. The number of epoxide rings is 1. The summed E-state index contributed by atoms with van der Waals surface area (Å²) in [7, 11) is 0. The number of carbonyl (C=O) groups excluding carboxylic acids is 6. The molecule has 16 heteroatoms. The molecule has 7 fully saturated rings. The molecule has 5 aliphatic carbocycles. The molecule has 288 valence electrons. The standard InChI is InChI=1S/C36H47ClO15/c1-11-19-22(34(8)35(9,46)31(45)52-36(34)28(11)51-36)26(47-12(2)38)20-18-21(27(48-13(3)39)30(33(19,20)7)50-15(5)41)32(6)16(24(43)25(18)44)10-17(42)23(37)29(32)49-14(4)40/h11,16-23,25-30,42,44,46H,10H2,1-9H3/t11-,16+,17-,18-,19-,20+,21+,22-,23+,25+,26+,27-,28+,29-,30-,32-,33+,34-,35+,36-/m0/s1. The predicted molar refractivity (Wildman–Crippen MR) is 172 cm³/mol. The van der Waals surface area contributed by atoms with E-state index < -0.39 is 153 Å². The van der Waals surface area contributed by atoms with Crippen LogP contribution in [0.15, 0.2) is 0 Å². The van der Waals surface area contributed by atoms with Gasteiger partial charge in [0.25, 0.3) is 0 Å². The number of fused-ring (bicyclic) bond motifs is 8. The molecule has 0 unspecified atom stereocenters. The van der Waals surface area contributed by atoms with Crippen LogP contribution >= 0.6 is 11.6 Å². The maximum Gasteiger partial charge on any atom is 0.341 e. The molecule has 2 heterocycles. The summed E-state index contributed by atoms with van der Waals surface area (Å²) in [6, 6.07) is 0. The van der Waals surface area contributed by atoms with Gasteiger partial charge in [0.1, 0.15) is 36.6 Å². The smallest absolute Gasteiger partial charge is 0.341 e. The van der Waals surface area contributed by atoms with E-state index in [1.165, 1.54) is 20.8 Å². The van der Waals surface area contributed by atoms with Crippen LogP contribution in [0.4, 0.5) is 0 Å². The summed E-state index contributed by atoms with van der Waals surface area (Å²) in [6.07, 6.45) is -9.55. The minimum absolute atomic E-state index is 0.230. The normalized spacial score (nSPS) is 55.2. The van der Waals surface area contributed by atoms with E-state index in [9.17, 15) is 44.1 Å². The fourth-order valence-corrected chi connectivity index (χ4v) is 13.3. The Balaban J connectivity index is 1.55. The summed E-state index contributed by atoms with van der Waals surface area (Å²) in [4.78, 5) is 80.1. The number of alkyl halides is 1. The van der Waals surface area contributed by atoms with Crippen molar-refractivity contribution in [2.75, 3.05) is 0 Å². The van der Waals surface area contributed by atoms with Crippen molar-refractivity contribution in [3.8, 4) is 0 Å². The Bertz CT molecular complexity index is 1650. The molecule has 15 nitrogen and oxygen atoms in total. The molecule has 0 amide bonds. The Morgan fingerprint density at radius 2 is 1.29 bits per heavy atom. The van der Waals surface area contributed by atoms with E-state index in [1.54, 1.807) is 20.8 Å². The van der Waals surface area contributed by atoms with Crippen molar-refractivity contribution >= 4 is 47.2 Å². The molecular formula is C36H47ClO15. The lowest BCUT2D eigenvalue weighted by Gasteiger charge is -2.66. The van der Waals surface area contributed by atoms with Crippen LogP contribution in [0.2, 0.25) is 0 Å². The van der Waals surface area contributed by atoms with E-state index in [1.807, 2.05) is 6.92 Å². The van der Waals surface area contributed by atoms with Gasteiger partial charge in [-0.05, 0) is 32.1 Å². The number of rotatable bonds is 4. The molecule has 0 aromatic carbocycles. The first kappa shape index (κ1) is 37.5. The Morgan fingerprint density at radius 1 is 0.769 bits per heavy atom. The van der Waals surface area contributed by atoms with E-state index in [0.29, 0.717) is 0 Å². The monoisotopic (exact) mass is 754 g/mol. The quantitative estimate of drug-likeness (QED) is 0.157. The molecule has 0 aromatic heterocycles. The molecule has 2 saturated heterocycles. The maximum atomic E-state index is 14.6. The molecular weight excluding hydrogens is 708 g/mol. The van der Waals surface area contributed by atoms with E-state index in [4.69, 9.17) is 40.0 Å². The topological polar surface area (TPSA) is 222 Å². The van der Waals surface area contributed by atoms with E-state index >= 15 is 0 Å². The molecule has 0 bridgehead atoms. The number of Topliss-reactive ketones (excluding diaryl/α,β-unsaturated/α-hetero) is 1. The number of aliphatic hydroxyl groups is 3. The molecule has 2 aliphatic heterocycles. The van der Waals surface area contributed by atoms with Crippen molar-refractivity contribution in [1.82, 2.24) is 0 Å². The second-order valence-electron chi connectivity index (χ2n) is 17.0. The van der Waals surface area contributed by atoms with Gasteiger partial charge >= 0.3 is 29.8 Å². The van der Waals surface area contributed by atoms with Crippen LogP contribution in [0.5, 0.6) is 0 Å². The van der Waals surface area contributed by atoms with Crippen LogP contribution in [0.25, 0.3) is 0 Å². The summed E-state index contributed by atoms with van der Waals surface area (Å²) < 4.78 is 36.5. The van der Waals surface area contributed by atoms with Gasteiger partial charge in [0.05, 0.1) is 16.9 Å². The van der Waals surface area contributed by atoms with Crippen LogP contribution < -0.4 is 0 Å². The third kappa shape index (κ3) is 4.28. The number of halogens is 1. The maximum absolute atomic E-state index is 14.6. The van der Waals surface area contributed by atoms with E-state index in [-0.39, 0.29) is 6.42 Å². The number of aliphatic hydroxyl groups excluding tert-OH is 2. The molecule has 0 radical (unpaired) electrons. The lowest BCUT2D eigenvalue weighted by atomic mass is 9.40. The molecule has 0 aromatic rings. The molecule has 7 rings (SSSR count). The highest BCUT2D eigenvalue weighted by atomic mass is 35.5. The van der Waals surface area contributed by atoms with Crippen molar-refractivity contribution in [3.05, 3.63) is 0 Å². The zero-order valence-electron chi connectivity index (χ0n) is 30.5. The van der Waals surface area contributed by atoms with Gasteiger partial charge < -0.3 is 43.7 Å². The van der Waals surface area contributed by atoms with Gasteiger partial charge in [-0.2, -0.15) is 0 Å². The zero-order chi connectivity index (χ0) is 38.6. The van der Waals surface area contributed by atoms with Gasteiger partial charge in [0.2, 0.25) is 5.79 Å². The number of hydrogen-bond donors (Lipinski definition) is 3. The Kier molecular flexibility index (Phi) is 8.17. The zero-order valence-corrected chi connectivity index (χ0v) is 31.2. The van der Waals surface area contributed by atoms with Crippen molar-refractivity contribution in [3.63, 3.8) is 0 Å². The highest BCUT2D eigenvalue weighted by molar-refractivity contribution is 6.21.